The van der Waals surface area contributed by atoms with E-state index in [0.29, 0.717) is 64.5 Å². The van der Waals surface area contributed by atoms with Crippen LogP contribution in [0.1, 0.15) is 293 Å². The van der Waals surface area contributed by atoms with Gasteiger partial charge in [0.1, 0.15) is 69.4 Å². The van der Waals surface area contributed by atoms with Crippen molar-refractivity contribution < 1.29 is 106 Å². The van der Waals surface area contributed by atoms with Crippen LogP contribution in [0.25, 0.3) is 0 Å². The number of urea groups is 2. The third kappa shape index (κ3) is 44.1. The number of rotatable bonds is 38. The van der Waals surface area contributed by atoms with Crippen LogP contribution in [-0.2, 0) is 89.2 Å². The SMILES string of the molecule is CC(C)(C)OC(=O)CC[C@H](NC(=O)N[C@@H](CCCCNC(=O)[C@H](Cc1cccc(I)c1)NC(=O)C1CCC(CNC(=O)OC(C)(C)C)CC1)C(=O)OC(C)(C)C)C(=O)OC(C)(C)C.CC(C)(C)OC(=O)NCC1CCC(C(=O)N[C@@H](Cc2cccc(I)c2)C(=O)NCCCC[C@H](NC(=O)N(C(C)(C)C)[C@@](CCC(=O)O)(C(=O)O)C(C)(C)C)C(=O)OC(C)(C)C)CC1. The summed E-state index contributed by atoms with van der Waals surface area (Å²) in [4.78, 5) is 185. The molecule has 126 heavy (non-hydrogen) atoms. The Morgan fingerprint density at radius 1 is 0.413 bits per heavy atom. The van der Waals surface area contributed by atoms with Gasteiger partial charge in [0.25, 0.3) is 0 Å². The van der Waals surface area contributed by atoms with Gasteiger partial charge in [-0.15, -0.1) is 0 Å². The van der Waals surface area contributed by atoms with Gasteiger partial charge in [0.15, 0.2) is 0 Å². The lowest BCUT2D eigenvalue weighted by atomic mass is 9.68. The van der Waals surface area contributed by atoms with E-state index < -0.39 is 147 Å². The van der Waals surface area contributed by atoms with Gasteiger partial charge in [-0.25, -0.2) is 38.4 Å². The number of alkyl carbamates (subject to hydrolysis) is 2. The highest BCUT2D eigenvalue weighted by Gasteiger charge is 2.58. The molecule has 0 heterocycles. The number of halogens is 2. The fourth-order valence-electron chi connectivity index (χ4n) is 14.5. The van der Waals surface area contributed by atoms with Crippen molar-refractivity contribution in [3.8, 4) is 0 Å². The van der Waals surface area contributed by atoms with E-state index >= 15 is 0 Å². The number of nitrogens with zero attached hydrogens (tertiary/aromatic N) is 1. The van der Waals surface area contributed by atoms with Crippen LogP contribution < -0.4 is 47.9 Å². The fraction of sp³-hybridized carbons (Fsp3) is 0.717. The first-order valence-corrected chi connectivity index (χ1v) is 46.1. The van der Waals surface area contributed by atoms with Crippen LogP contribution >= 0.6 is 45.2 Å². The molecule has 0 radical (unpaired) electrons. The van der Waals surface area contributed by atoms with Crippen molar-refractivity contribution >= 4 is 129 Å². The number of carboxylic acid groups (broad SMARTS) is 2. The maximum Gasteiger partial charge on any atom is 0.407 e. The highest BCUT2D eigenvalue weighted by molar-refractivity contribution is 14.1. The summed E-state index contributed by atoms with van der Waals surface area (Å²) in [7, 11) is 0. The van der Waals surface area contributed by atoms with E-state index in [1.165, 1.54) is 0 Å². The second kappa shape index (κ2) is 50.0. The van der Waals surface area contributed by atoms with Crippen molar-refractivity contribution in [1.29, 1.82) is 0 Å². The number of hydrogen-bond donors (Lipinski definition) is 11. The molecule has 712 valence electrons. The van der Waals surface area contributed by atoms with Crippen LogP contribution in [0.4, 0.5) is 19.2 Å². The summed E-state index contributed by atoms with van der Waals surface area (Å²) in [5, 5.41) is 45.8. The minimum Gasteiger partial charge on any atom is -0.481 e. The normalized spacial score (nSPS) is 17.5. The molecule has 2 aromatic rings. The minimum absolute atomic E-state index is 0.0812. The zero-order chi connectivity index (χ0) is 95.9. The molecule has 0 saturated heterocycles. The largest absolute Gasteiger partial charge is 0.481 e. The number of aliphatic carboxylic acids is 2. The zero-order valence-electron chi connectivity index (χ0n) is 79.0. The van der Waals surface area contributed by atoms with Gasteiger partial charge in [0.2, 0.25) is 23.6 Å². The molecule has 0 bridgehead atoms. The van der Waals surface area contributed by atoms with Gasteiger partial charge in [0.05, 0.1) is 0 Å². The van der Waals surface area contributed by atoms with Crippen LogP contribution in [0.5, 0.6) is 0 Å². The third-order valence-corrected chi connectivity index (χ3v) is 21.6. The first-order valence-electron chi connectivity index (χ1n) is 44.0. The van der Waals surface area contributed by atoms with E-state index in [1.807, 2.05) is 69.3 Å². The quantitative estimate of drug-likeness (QED) is 0.0129. The van der Waals surface area contributed by atoms with E-state index in [2.05, 4.69) is 93.0 Å². The molecule has 2 aromatic carbocycles. The molecule has 0 aromatic heterocycles. The Morgan fingerprint density at radius 3 is 1.08 bits per heavy atom. The summed E-state index contributed by atoms with van der Waals surface area (Å²) in [6.45, 7) is 42.4. The van der Waals surface area contributed by atoms with E-state index in [9.17, 15) is 77.3 Å². The Balaban J connectivity index is 0.000000650. The number of nitrogens with one attached hydrogen (secondary N) is 9. The first kappa shape index (κ1) is 112. The number of amides is 10. The van der Waals surface area contributed by atoms with Gasteiger partial charge in [-0.3, -0.25) is 28.8 Å². The van der Waals surface area contributed by atoms with Gasteiger partial charge in [-0.2, -0.15) is 0 Å². The molecule has 4 rings (SSSR count). The molecular weight excluding hydrogens is 1850 g/mol. The summed E-state index contributed by atoms with van der Waals surface area (Å²) < 4.78 is 34.8. The van der Waals surface area contributed by atoms with Gasteiger partial charge < -0.3 is 91.4 Å². The molecule has 6 atom stereocenters. The van der Waals surface area contributed by atoms with Crippen molar-refractivity contribution in [1.82, 2.24) is 52.8 Å². The molecule has 0 unspecified atom stereocenters. The van der Waals surface area contributed by atoms with Gasteiger partial charge >= 0.3 is 60.1 Å². The summed E-state index contributed by atoms with van der Waals surface area (Å²) in [5.74, 6) is -6.56. The van der Waals surface area contributed by atoms with E-state index in [-0.39, 0.29) is 105 Å². The maximum absolute atomic E-state index is 14.3. The number of ether oxygens (including phenoxy) is 6. The average Bonchev–Trinajstić information content (AvgIpc) is 0.734. The predicted molar refractivity (Wildman–Crippen MR) is 495 cm³/mol. The lowest BCUT2D eigenvalue weighted by molar-refractivity contribution is -0.165. The van der Waals surface area contributed by atoms with E-state index in [4.69, 9.17) is 28.4 Å². The molecule has 2 saturated carbocycles. The lowest BCUT2D eigenvalue weighted by Gasteiger charge is -2.54. The summed E-state index contributed by atoms with van der Waals surface area (Å²) >= 11 is 4.40. The van der Waals surface area contributed by atoms with Gasteiger partial charge in [-0.05, 0) is 346 Å². The van der Waals surface area contributed by atoms with Crippen LogP contribution in [0, 0.1) is 36.2 Å². The molecule has 0 spiro atoms. The van der Waals surface area contributed by atoms with Crippen molar-refractivity contribution in [3.05, 3.63) is 66.8 Å². The molecule has 34 heteroatoms. The van der Waals surface area contributed by atoms with Gasteiger partial charge in [0, 0.05) is 76.4 Å². The summed E-state index contributed by atoms with van der Waals surface area (Å²) in [5.41, 5.74) is -7.07. The second-order valence-corrected chi connectivity index (χ2v) is 43.3. The van der Waals surface area contributed by atoms with Crippen LogP contribution in [-0.4, -0.2) is 200 Å². The van der Waals surface area contributed by atoms with Crippen LogP contribution in [0.15, 0.2) is 48.5 Å². The molecule has 2 fully saturated rings. The fourth-order valence-corrected chi connectivity index (χ4v) is 15.7. The number of carbonyl (C=O) groups is 14. The molecular formula is C92H148I2N10O22. The van der Waals surface area contributed by atoms with Crippen molar-refractivity contribution in [2.75, 3.05) is 26.2 Å². The molecule has 10 amide bonds. The summed E-state index contributed by atoms with van der Waals surface area (Å²) in [6.07, 6.45) is 5.66. The van der Waals surface area contributed by atoms with E-state index in [0.717, 1.165) is 48.9 Å². The Bertz CT molecular complexity index is 3960. The minimum atomic E-state index is -1.99. The Labute approximate surface area is 773 Å². The van der Waals surface area contributed by atoms with Crippen molar-refractivity contribution in [2.45, 2.75) is 369 Å². The monoisotopic (exact) mass is 2000 g/mol. The number of unbranched alkanes of at least 4 members (excludes halogenated alkanes) is 2. The Hall–Kier alpha value is -8.32. The maximum atomic E-state index is 14.3. The van der Waals surface area contributed by atoms with Crippen LogP contribution in [0.3, 0.4) is 0 Å². The standard InChI is InChI=1S/2C46H74IN5O11/c1-42(2,3)46(39(58)59,24-23-35(53)54)52(43(4,5)6)40(60)51-33(38(57)62-44(7,8)9)18-13-14-25-48-37(56)34(27-30-16-15-17-32(47)26-30)50-36(55)31-21-19-29(20-22-31)28-49-41(61)63-45(10,11)12;1-43(2,3)60-36(53)24-23-34(40(57)62-45(7,8)9)52-41(58)51-33(39(56)61-44(4,5)6)18-13-14-25-48-38(55)35(27-30-16-15-17-32(47)26-30)50-37(54)31-21-19-29(20-22-31)28-49-42(59)63-46(10,11)12/h15-17,26,29,31,33-34H,13-14,18-25,27-28H2,1-12H3,(H,48,56)(H,49,61)(H,50,55)(H,51,60)(H,53,54)(H,58,59);15-17,26,29,31,33-35H,13-14,18-25,27-28H2,1-12H3,(H,48,55)(H,49,59)(H,50,54)(H2,51,52,58)/t29?,31?,33-,34-,46-;29?,31?,33-,34-,35-/m00/s1. The van der Waals surface area contributed by atoms with Crippen LogP contribution in [0.2, 0.25) is 0 Å². The highest BCUT2D eigenvalue weighted by Crippen LogP contribution is 2.44. The predicted octanol–water partition coefficient (Wildman–Crippen LogP) is 14.0. The van der Waals surface area contributed by atoms with Crippen molar-refractivity contribution in [2.24, 2.45) is 29.1 Å². The second-order valence-electron chi connectivity index (χ2n) is 40.8. The Kier molecular flexibility index (Phi) is 44.4. The topological polar surface area (TPSA) is 446 Å². The molecule has 0 aliphatic heterocycles. The molecule has 2 aliphatic carbocycles. The number of carbonyl (C=O) groups excluding carboxylic acids is 12. The number of hydrogen-bond acceptors (Lipinski definition) is 20. The summed E-state index contributed by atoms with van der Waals surface area (Å²) in [6, 6.07) is 8.47. The molecule has 11 N–H and O–H groups in total. The third-order valence-electron chi connectivity index (χ3n) is 20.3. The molecule has 32 nitrogen and oxygen atoms in total. The number of esters is 4. The molecule has 2 aliphatic rings. The zero-order valence-corrected chi connectivity index (χ0v) is 83.4. The number of benzene rings is 2. The average molecular weight is 2000 g/mol. The number of carboxylic acids is 2. The smallest absolute Gasteiger partial charge is 0.407 e. The Morgan fingerprint density at radius 2 is 0.762 bits per heavy atom. The van der Waals surface area contributed by atoms with Gasteiger partial charge in [-0.1, -0.05) is 45.0 Å². The van der Waals surface area contributed by atoms with E-state index in [1.54, 1.807) is 145 Å². The lowest BCUT2D eigenvalue weighted by Crippen LogP contribution is -2.71. The van der Waals surface area contributed by atoms with Crippen molar-refractivity contribution in [3.63, 3.8) is 0 Å². The first-order chi connectivity index (χ1) is 57.8. The highest BCUT2D eigenvalue weighted by atomic mass is 127.